The molecule has 4 nitrogen and oxygen atoms in total. The van der Waals surface area contributed by atoms with E-state index >= 15 is 0 Å². The first-order chi connectivity index (χ1) is 6.73. The SMILES string of the molecule is NC12CCCCC1CNCC2.NC=O. The number of piperidine rings is 1. The summed E-state index contributed by atoms with van der Waals surface area (Å²) in [6, 6.07) is 0. The number of primary amides is 1. The highest BCUT2D eigenvalue weighted by Crippen LogP contribution is 2.35. The first-order valence-corrected chi connectivity index (χ1v) is 5.38. The summed E-state index contributed by atoms with van der Waals surface area (Å²) in [5.41, 5.74) is 10.7. The monoisotopic (exact) mass is 199 g/mol. The van der Waals surface area contributed by atoms with Gasteiger partial charge in [0.1, 0.15) is 0 Å². The van der Waals surface area contributed by atoms with Gasteiger partial charge in [-0.2, -0.15) is 0 Å². The molecule has 2 rings (SSSR count). The summed E-state index contributed by atoms with van der Waals surface area (Å²) in [6.07, 6.45) is 6.80. The molecule has 1 aliphatic heterocycles. The standard InChI is InChI=1S/C9H18N2.CH3NO/c10-9-4-2-1-3-8(9)7-11-6-5-9;2-1-3/h8,11H,1-7,10H2;1H,(H2,2,3). The zero-order chi connectivity index (χ0) is 10.4. The first kappa shape index (κ1) is 11.5. The second-order valence-corrected chi connectivity index (χ2v) is 4.27. The molecule has 1 amide bonds. The molecular formula is C10H21N3O. The Balaban J connectivity index is 0.000000293. The van der Waals surface area contributed by atoms with Crippen LogP contribution in [0.15, 0.2) is 0 Å². The average molecular weight is 199 g/mol. The summed E-state index contributed by atoms with van der Waals surface area (Å²) in [4.78, 5) is 8.58. The topological polar surface area (TPSA) is 81.1 Å². The minimum Gasteiger partial charge on any atom is -0.372 e. The predicted octanol–water partition coefficient (Wildman–Crippen LogP) is -0.0311. The van der Waals surface area contributed by atoms with Crippen molar-refractivity contribution in [3.05, 3.63) is 0 Å². The van der Waals surface area contributed by atoms with Gasteiger partial charge >= 0.3 is 0 Å². The third-order valence-corrected chi connectivity index (χ3v) is 3.42. The van der Waals surface area contributed by atoms with E-state index in [4.69, 9.17) is 10.5 Å². The number of nitrogens with two attached hydrogens (primary N) is 2. The Kier molecular flexibility index (Phi) is 4.35. The lowest BCUT2D eigenvalue weighted by molar-refractivity contribution is -0.106. The number of rotatable bonds is 0. The zero-order valence-electron chi connectivity index (χ0n) is 8.67. The normalized spacial score (nSPS) is 36.2. The predicted molar refractivity (Wildman–Crippen MR) is 56.6 cm³/mol. The molecule has 0 aromatic heterocycles. The summed E-state index contributed by atoms with van der Waals surface area (Å²) < 4.78 is 0. The van der Waals surface area contributed by atoms with Crippen LogP contribution in [0.3, 0.4) is 0 Å². The quantitative estimate of drug-likeness (QED) is 0.479. The molecule has 5 N–H and O–H groups in total. The van der Waals surface area contributed by atoms with Gasteiger partial charge in [-0.25, -0.2) is 0 Å². The molecule has 82 valence electrons. The van der Waals surface area contributed by atoms with E-state index in [1.54, 1.807) is 0 Å². The second kappa shape index (κ2) is 5.32. The van der Waals surface area contributed by atoms with E-state index in [0.29, 0.717) is 0 Å². The van der Waals surface area contributed by atoms with Gasteiger partial charge in [0.25, 0.3) is 0 Å². The van der Waals surface area contributed by atoms with Gasteiger partial charge in [-0.15, -0.1) is 0 Å². The molecule has 1 aliphatic carbocycles. The lowest BCUT2D eigenvalue weighted by Crippen LogP contribution is -2.57. The fraction of sp³-hybridized carbons (Fsp3) is 0.900. The molecule has 0 aromatic carbocycles. The molecule has 2 atom stereocenters. The van der Waals surface area contributed by atoms with Crippen LogP contribution in [0.4, 0.5) is 0 Å². The molecule has 0 aromatic rings. The third-order valence-electron chi connectivity index (χ3n) is 3.42. The number of hydrogen-bond acceptors (Lipinski definition) is 3. The Labute approximate surface area is 85.4 Å². The van der Waals surface area contributed by atoms with Gasteiger partial charge in [-0.05, 0) is 38.3 Å². The Bertz CT molecular complexity index is 172. The highest BCUT2D eigenvalue weighted by atomic mass is 16.1. The van der Waals surface area contributed by atoms with Crippen molar-refractivity contribution < 1.29 is 4.79 Å². The molecule has 1 saturated heterocycles. The van der Waals surface area contributed by atoms with Crippen molar-refractivity contribution in [2.45, 2.75) is 37.6 Å². The number of carbonyl (C=O) groups excluding carboxylic acids is 1. The fourth-order valence-electron chi connectivity index (χ4n) is 2.57. The van der Waals surface area contributed by atoms with Crippen molar-refractivity contribution in [1.29, 1.82) is 0 Å². The van der Waals surface area contributed by atoms with Crippen LogP contribution in [0.25, 0.3) is 0 Å². The van der Waals surface area contributed by atoms with Crippen LogP contribution in [0, 0.1) is 5.92 Å². The molecule has 2 aliphatic rings. The molecule has 2 unspecified atom stereocenters. The molecule has 2 fully saturated rings. The van der Waals surface area contributed by atoms with E-state index in [1.165, 1.54) is 32.1 Å². The lowest BCUT2D eigenvalue weighted by Gasteiger charge is -2.45. The van der Waals surface area contributed by atoms with Gasteiger partial charge in [0.2, 0.25) is 6.41 Å². The number of carbonyl (C=O) groups is 1. The Hall–Kier alpha value is -0.610. The maximum atomic E-state index is 8.58. The number of amides is 1. The molecule has 0 spiro atoms. The smallest absolute Gasteiger partial charge is 0.204 e. The van der Waals surface area contributed by atoms with Crippen LogP contribution in [0.2, 0.25) is 0 Å². The lowest BCUT2D eigenvalue weighted by atomic mass is 9.70. The average Bonchev–Trinajstić information content (AvgIpc) is 2.18. The van der Waals surface area contributed by atoms with Crippen molar-refractivity contribution in [2.24, 2.45) is 17.4 Å². The maximum absolute atomic E-state index is 8.58. The molecule has 0 bridgehead atoms. The van der Waals surface area contributed by atoms with E-state index < -0.39 is 0 Å². The highest BCUT2D eigenvalue weighted by molar-refractivity contribution is 5.42. The summed E-state index contributed by atoms with van der Waals surface area (Å²) in [7, 11) is 0. The van der Waals surface area contributed by atoms with Crippen LogP contribution in [-0.2, 0) is 4.79 Å². The summed E-state index contributed by atoms with van der Waals surface area (Å²) in [5, 5.41) is 3.43. The van der Waals surface area contributed by atoms with Gasteiger partial charge in [0, 0.05) is 5.54 Å². The first-order valence-electron chi connectivity index (χ1n) is 5.38. The Morgan fingerprint density at radius 3 is 2.71 bits per heavy atom. The molecule has 14 heavy (non-hydrogen) atoms. The van der Waals surface area contributed by atoms with Crippen LogP contribution in [0.5, 0.6) is 0 Å². The minimum absolute atomic E-state index is 0.212. The molecule has 0 radical (unpaired) electrons. The fourth-order valence-corrected chi connectivity index (χ4v) is 2.57. The molecule has 1 heterocycles. The van der Waals surface area contributed by atoms with Crippen molar-refractivity contribution in [3.8, 4) is 0 Å². The summed E-state index contributed by atoms with van der Waals surface area (Å²) in [6.45, 7) is 2.30. The van der Waals surface area contributed by atoms with Gasteiger partial charge < -0.3 is 16.8 Å². The van der Waals surface area contributed by atoms with Crippen molar-refractivity contribution in [3.63, 3.8) is 0 Å². The van der Waals surface area contributed by atoms with Crippen LogP contribution >= 0.6 is 0 Å². The molecular weight excluding hydrogens is 178 g/mol. The van der Waals surface area contributed by atoms with Gasteiger partial charge in [0.05, 0.1) is 0 Å². The Morgan fingerprint density at radius 1 is 1.36 bits per heavy atom. The number of fused-ring (bicyclic) bond motifs is 1. The van der Waals surface area contributed by atoms with Gasteiger partial charge in [-0.1, -0.05) is 12.8 Å². The minimum atomic E-state index is 0.212. The van der Waals surface area contributed by atoms with Crippen LogP contribution in [0.1, 0.15) is 32.1 Å². The molecule has 1 saturated carbocycles. The maximum Gasteiger partial charge on any atom is 0.204 e. The zero-order valence-corrected chi connectivity index (χ0v) is 8.67. The van der Waals surface area contributed by atoms with Crippen LogP contribution < -0.4 is 16.8 Å². The van der Waals surface area contributed by atoms with Crippen molar-refractivity contribution in [1.82, 2.24) is 5.32 Å². The van der Waals surface area contributed by atoms with E-state index in [1.807, 2.05) is 0 Å². The summed E-state index contributed by atoms with van der Waals surface area (Å²) in [5.74, 6) is 0.769. The number of hydrogen-bond donors (Lipinski definition) is 3. The summed E-state index contributed by atoms with van der Waals surface area (Å²) >= 11 is 0. The van der Waals surface area contributed by atoms with E-state index in [0.717, 1.165) is 19.0 Å². The number of nitrogens with one attached hydrogen (secondary N) is 1. The van der Waals surface area contributed by atoms with Crippen LogP contribution in [-0.4, -0.2) is 25.0 Å². The molecule has 4 heteroatoms. The largest absolute Gasteiger partial charge is 0.372 e. The van der Waals surface area contributed by atoms with E-state index in [9.17, 15) is 0 Å². The highest BCUT2D eigenvalue weighted by Gasteiger charge is 2.38. The van der Waals surface area contributed by atoms with E-state index in [2.05, 4.69) is 11.1 Å². The van der Waals surface area contributed by atoms with Gasteiger partial charge in [-0.3, -0.25) is 4.79 Å². The van der Waals surface area contributed by atoms with E-state index in [-0.39, 0.29) is 11.9 Å². The van der Waals surface area contributed by atoms with Gasteiger partial charge in [0.15, 0.2) is 0 Å². The Morgan fingerprint density at radius 2 is 2.07 bits per heavy atom. The van der Waals surface area contributed by atoms with Crippen molar-refractivity contribution >= 4 is 6.41 Å². The second-order valence-electron chi connectivity index (χ2n) is 4.27. The third kappa shape index (κ3) is 2.69. The van der Waals surface area contributed by atoms with Crippen molar-refractivity contribution in [2.75, 3.05) is 13.1 Å².